The van der Waals surface area contributed by atoms with Gasteiger partial charge in [0, 0.05) is 12.5 Å². The van der Waals surface area contributed by atoms with Crippen LogP contribution in [0.1, 0.15) is 19.3 Å². The first-order valence-corrected chi connectivity index (χ1v) is 5.32. The SMILES string of the molecule is O=C(O)C1CCCCN1CC1COC1. The van der Waals surface area contributed by atoms with Crippen LogP contribution in [0.25, 0.3) is 0 Å². The van der Waals surface area contributed by atoms with Gasteiger partial charge in [0.15, 0.2) is 0 Å². The molecule has 0 saturated carbocycles. The van der Waals surface area contributed by atoms with Crippen molar-refractivity contribution in [3.05, 3.63) is 0 Å². The Balaban J connectivity index is 1.88. The van der Waals surface area contributed by atoms with Gasteiger partial charge < -0.3 is 9.84 Å². The minimum absolute atomic E-state index is 0.246. The van der Waals surface area contributed by atoms with Gasteiger partial charge in [-0.2, -0.15) is 0 Å². The molecule has 0 bridgehead atoms. The van der Waals surface area contributed by atoms with E-state index in [9.17, 15) is 4.79 Å². The van der Waals surface area contributed by atoms with Gasteiger partial charge >= 0.3 is 5.97 Å². The molecule has 0 aromatic heterocycles. The van der Waals surface area contributed by atoms with Gasteiger partial charge in [0.1, 0.15) is 6.04 Å². The van der Waals surface area contributed by atoms with Crippen LogP contribution in [0.4, 0.5) is 0 Å². The van der Waals surface area contributed by atoms with Crippen molar-refractivity contribution in [3.63, 3.8) is 0 Å². The monoisotopic (exact) mass is 199 g/mol. The van der Waals surface area contributed by atoms with Gasteiger partial charge in [0.05, 0.1) is 13.2 Å². The van der Waals surface area contributed by atoms with Crippen LogP contribution in [0, 0.1) is 5.92 Å². The molecule has 2 heterocycles. The maximum atomic E-state index is 11.0. The lowest BCUT2D eigenvalue weighted by molar-refractivity contribution is -0.146. The fourth-order valence-corrected chi connectivity index (χ4v) is 2.21. The van der Waals surface area contributed by atoms with Gasteiger partial charge in [-0.25, -0.2) is 0 Å². The quantitative estimate of drug-likeness (QED) is 0.722. The van der Waals surface area contributed by atoms with Crippen molar-refractivity contribution >= 4 is 5.97 Å². The summed E-state index contributed by atoms with van der Waals surface area (Å²) in [6.07, 6.45) is 2.99. The second-order valence-corrected chi connectivity index (χ2v) is 4.25. The second kappa shape index (κ2) is 4.28. The molecule has 0 radical (unpaired) electrons. The predicted molar refractivity (Wildman–Crippen MR) is 51.2 cm³/mol. The molecule has 0 amide bonds. The molecule has 0 aromatic carbocycles. The van der Waals surface area contributed by atoms with E-state index in [1.807, 2.05) is 0 Å². The fourth-order valence-electron chi connectivity index (χ4n) is 2.21. The molecule has 80 valence electrons. The smallest absolute Gasteiger partial charge is 0.320 e. The number of carbonyl (C=O) groups is 1. The highest BCUT2D eigenvalue weighted by Crippen LogP contribution is 2.21. The van der Waals surface area contributed by atoms with Crippen LogP contribution in [0.15, 0.2) is 0 Å². The summed E-state index contributed by atoms with van der Waals surface area (Å²) in [4.78, 5) is 13.1. The maximum Gasteiger partial charge on any atom is 0.320 e. The average molecular weight is 199 g/mol. The van der Waals surface area contributed by atoms with E-state index in [-0.39, 0.29) is 6.04 Å². The lowest BCUT2D eigenvalue weighted by atomic mass is 9.99. The molecular formula is C10H17NO3. The highest BCUT2D eigenvalue weighted by Gasteiger charge is 2.31. The Hall–Kier alpha value is -0.610. The molecule has 2 fully saturated rings. The van der Waals surface area contributed by atoms with Crippen molar-refractivity contribution < 1.29 is 14.6 Å². The minimum Gasteiger partial charge on any atom is -0.480 e. The molecule has 4 nitrogen and oxygen atoms in total. The number of carboxylic acid groups (broad SMARTS) is 1. The van der Waals surface area contributed by atoms with Gasteiger partial charge in [-0.15, -0.1) is 0 Å². The lowest BCUT2D eigenvalue weighted by Gasteiger charge is -2.37. The largest absolute Gasteiger partial charge is 0.480 e. The number of hydrogen-bond donors (Lipinski definition) is 1. The third kappa shape index (κ3) is 2.07. The molecule has 1 N–H and O–H groups in total. The van der Waals surface area contributed by atoms with E-state index < -0.39 is 5.97 Å². The number of carboxylic acids is 1. The highest BCUT2D eigenvalue weighted by molar-refractivity contribution is 5.73. The second-order valence-electron chi connectivity index (χ2n) is 4.25. The van der Waals surface area contributed by atoms with E-state index in [0.29, 0.717) is 5.92 Å². The fraction of sp³-hybridized carbons (Fsp3) is 0.900. The molecule has 0 aromatic rings. The van der Waals surface area contributed by atoms with Gasteiger partial charge in [0.2, 0.25) is 0 Å². The molecule has 4 heteroatoms. The number of piperidine rings is 1. The average Bonchev–Trinajstić information content (AvgIpc) is 2.12. The Morgan fingerprint density at radius 1 is 1.43 bits per heavy atom. The molecule has 0 aliphatic carbocycles. The summed E-state index contributed by atoms with van der Waals surface area (Å²) in [5, 5.41) is 9.04. The first-order valence-electron chi connectivity index (χ1n) is 5.32. The summed E-state index contributed by atoms with van der Waals surface area (Å²) in [6, 6.07) is -0.246. The van der Waals surface area contributed by atoms with Crippen LogP contribution in [0.2, 0.25) is 0 Å². The molecule has 0 spiro atoms. The van der Waals surface area contributed by atoms with Crippen LogP contribution in [0.5, 0.6) is 0 Å². The van der Waals surface area contributed by atoms with Crippen LogP contribution in [-0.2, 0) is 9.53 Å². The number of rotatable bonds is 3. The number of likely N-dealkylation sites (tertiary alicyclic amines) is 1. The van der Waals surface area contributed by atoms with Crippen LogP contribution >= 0.6 is 0 Å². The Labute approximate surface area is 83.8 Å². The topological polar surface area (TPSA) is 49.8 Å². The number of aliphatic carboxylic acids is 1. The first-order chi connectivity index (χ1) is 6.77. The third-order valence-electron chi connectivity index (χ3n) is 3.10. The van der Waals surface area contributed by atoms with E-state index in [2.05, 4.69) is 4.90 Å². The summed E-state index contributed by atoms with van der Waals surface area (Å²) in [5.74, 6) is -0.0973. The zero-order chi connectivity index (χ0) is 9.97. The van der Waals surface area contributed by atoms with Crippen molar-refractivity contribution in [2.75, 3.05) is 26.3 Å². The molecule has 2 saturated heterocycles. The predicted octanol–water partition coefficient (Wildman–Crippen LogP) is 0.572. The zero-order valence-corrected chi connectivity index (χ0v) is 8.32. The van der Waals surface area contributed by atoms with Crippen molar-refractivity contribution in [1.29, 1.82) is 0 Å². The molecule has 1 atom stereocenters. The van der Waals surface area contributed by atoms with Crippen LogP contribution in [0.3, 0.4) is 0 Å². The Kier molecular flexibility index (Phi) is 3.03. The molecule has 1 unspecified atom stereocenters. The van der Waals surface area contributed by atoms with Gasteiger partial charge in [-0.1, -0.05) is 6.42 Å². The van der Waals surface area contributed by atoms with Crippen LogP contribution < -0.4 is 0 Å². The summed E-state index contributed by atoms with van der Waals surface area (Å²) in [5.41, 5.74) is 0. The molecule has 2 aliphatic rings. The first kappa shape index (κ1) is 9.93. The van der Waals surface area contributed by atoms with Gasteiger partial charge in [-0.05, 0) is 19.4 Å². The van der Waals surface area contributed by atoms with Crippen molar-refractivity contribution in [3.8, 4) is 0 Å². The van der Waals surface area contributed by atoms with E-state index in [1.165, 1.54) is 0 Å². The standard InChI is InChI=1S/C10H17NO3/c12-10(13)9-3-1-2-4-11(9)5-8-6-14-7-8/h8-9H,1-7H2,(H,12,13). The molecule has 2 aliphatic heterocycles. The summed E-state index contributed by atoms with van der Waals surface area (Å²) in [6.45, 7) is 3.45. The van der Waals surface area contributed by atoms with Crippen molar-refractivity contribution in [1.82, 2.24) is 4.90 Å². The molecular weight excluding hydrogens is 182 g/mol. The number of hydrogen-bond acceptors (Lipinski definition) is 3. The molecule has 14 heavy (non-hydrogen) atoms. The van der Waals surface area contributed by atoms with E-state index in [1.54, 1.807) is 0 Å². The third-order valence-corrected chi connectivity index (χ3v) is 3.10. The van der Waals surface area contributed by atoms with E-state index in [0.717, 1.165) is 45.6 Å². The normalized spacial score (nSPS) is 29.9. The van der Waals surface area contributed by atoms with E-state index >= 15 is 0 Å². The van der Waals surface area contributed by atoms with Crippen molar-refractivity contribution in [2.24, 2.45) is 5.92 Å². The highest BCUT2D eigenvalue weighted by atomic mass is 16.5. The van der Waals surface area contributed by atoms with E-state index in [4.69, 9.17) is 9.84 Å². The van der Waals surface area contributed by atoms with Gasteiger partial charge in [0.25, 0.3) is 0 Å². The lowest BCUT2D eigenvalue weighted by Crippen LogP contribution is -2.49. The number of nitrogens with zero attached hydrogens (tertiary/aromatic N) is 1. The van der Waals surface area contributed by atoms with Crippen molar-refractivity contribution in [2.45, 2.75) is 25.3 Å². The Morgan fingerprint density at radius 2 is 2.21 bits per heavy atom. The zero-order valence-electron chi connectivity index (χ0n) is 8.32. The van der Waals surface area contributed by atoms with Crippen LogP contribution in [-0.4, -0.2) is 48.3 Å². The Bertz CT molecular complexity index is 215. The van der Waals surface area contributed by atoms with Gasteiger partial charge in [-0.3, -0.25) is 9.69 Å². The molecule has 2 rings (SSSR count). The summed E-state index contributed by atoms with van der Waals surface area (Å²) in [7, 11) is 0. The summed E-state index contributed by atoms with van der Waals surface area (Å²) >= 11 is 0. The minimum atomic E-state index is -0.662. The number of ether oxygens (including phenoxy) is 1. The maximum absolute atomic E-state index is 11.0. The Morgan fingerprint density at radius 3 is 2.79 bits per heavy atom. The summed E-state index contributed by atoms with van der Waals surface area (Å²) < 4.78 is 5.10.